The van der Waals surface area contributed by atoms with E-state index in [1.54, 1.807) is 6.20 Å². The van der Waals surface area contributed by atoms with E-state index in [9.17, 15) is 0 Å². The summed E-state index contributed by atoms with van der Waals surface area (Å²) >= 11 is 6.41. The predicted molar refractivity (Wildman–Crippen MR) is 92.9 cm³/mol. The first-order chi connectivity index (χ1) is 9.36. The molecule has 1 atom stereocenters. The summed E-state index contributed by atoms with van der Waals surface area (Å²) in [6, 6.07) is 2.60. The van der Waals surface area contributed by atoms with Crippen molar-refractivity contribution in [3.05, 3.63) is 29.0 Å². The van der Waals surface area contributed by atoms with Crippen LogP contribution in [-0.4, -0.2) is 36.1 Å². The molecule has 1 aliphatic heterocycles. The van der Waals surface area contributed by atoms with Crippen LogP contribution in [0.4, 0.5) is 0 Å². The number of hydrogen-bond acceptors (Lipinski definition) is 3. The second-order valence-electron chi connectivity index (χ2n) is 5.67. The van der Waals surface area contributed by atoms with Gasteiger partial charge in [0.2, 0.25) is 0 Å². The Morgan fingerprint density at radius 1 is 1.19 bits per heavy atom. The molecule has 0 spiro atoms. The molecule has 0 aromatic carbocycles. The Morgan fingerprint density at radius 2 is 1.86 bits per heavy atom. The average Bonchev–Trinajstić information content (AvgIpc) is 2.96. The van der Waals surface area contributed by atoms with Gasteiger partial charge in [-0.2, -0.15) is 0 Å². The monoisotopic (exact) mass is 351 g/mol. The molecule has 0 amide bonds. The summed E-state index contributed by atoms with van der Waals surface area (Å²) in [4.78, 5) is 6.76. The molecule has 6 heteroatoms. The third kappa shape index (κ3) is 4.46. The summed E-state index contributed by atoms with van der Waals surface area (Å²) in [7, 11) is 0. The summed E-state index contributed by atoms with van der Waals surface area (Å²) in [6.07, 6.45) is 9.10. The summed E-state index contributed by atoms with van der Waals surface area (Å²) in [5, 5.41) is 4.27. The van der Waals surface area contributed by atoms with Gasteiger partial charge in [-0.3, -0.25) is 9.88 Å². The van der Waals surface area contributed by atoms with Crippen molar-refractivity contribution in [2.45, 2.75) is 31.7 Å². The molecule has 1 saturated heterocycles. The standard InChI is InChI=1S/C15H22ClN3.2ClH/c16-14-11-18-6-5-13(14)15(12-3-1-2-4-12)19-9-7-17-8-10-19;;/h5-6,11-12,15,17H,1-4,7-10H2;2*1H/t15-;;/m1../s1. The fourth-order valence-electron chi connectivity index (χ4n) is 3.61. The molecule has 1 N–H and O–H groups in total. The zero-order chi connectivity index (χ0) is 13.1. The highest BCUT2D eigenvalue weighted by Crippen LogP contribution is 2.41. The Balaban J connectivity index is 0.00000110. The minimum Gasteiger partial charge on any atom is -0.314 e. The fraction of sp³-hybridized carbons (Fsp3) is 0.667. The van der Waals surface area contributed by atoms with E-state index >= 15 is 0 Å². The Labute approximate surface area is 144 Å². The Bertz CT molecular complexity index is 418. The molecule has 1 saturated carbocycles. The number of halogens is 3. The fourth-order valence-corrected chi connectivity index (χ4v) is 3.84. The van der Waals surface area contributed by atoms with Crippen LogP contribution in [-0.2, 0) is 0 Å². The molecule has 2 aliphatic rings. The maximum atomic E-state index is 6.41. The van der Waals surface area contributed by atoms with Gasteiger partial charge in [0.05, 0.1) is 5.02 Å². The van der Waals surface area contributed by atoms with Gasteiger partial charge < -0.3 is 5.32 Å². The van der Waals surface area contributed by atoms with Crippen LogP contribution < -0.4 is 5.32 Å². The first kappa shape index (κ1) is 19.0. The predicted octanol–water partition coefficient (Wildman–Crippen LogP) is 3.72. The van der Waals surface area contributed by atoms with Crippen LogP contribution in [0.2, 0.25) is 5.02 Å². The van der Waals surface area contributed by atoms with Crippen molar-refractivity contribution in [1.29, 1.82) is 0 Å². The Kier molecular flexibility index (Phi) is 8.28. The molecular weight excluding hydrogens is 329 g/mol. The number of nitrogens with zero attached hydrogens (tertiary/aromatic N) is 2. The lowest BCUT2D eigenvalue weighted by molar-refractivity contribution is 0.125. The van der Waals surface area contributed by atoms with E-state index in [-0.39, 0.29) is 24.8 Å². The second-order valence-corrected chi connectivity index (χ2v) is 6.08. The van der Waals surface area contributed by atoms with Gasteiger partial charge in [-0.15, -0.1) is 24.8 Å². The molecule has 21 heavy (non-hydrogen) atoms. The maximum Gasteiger partial charge on any atom is 0.0637 e. The molecule has 2 heterocycles. The van der Waals surface area contributed by atoms with Crippen LogP contribution in [0.25, 0.3) is 0 Å². The van der Waals surface area contributed by atoms with Crippen molar-refractivity contribution >= 4 is 36.4 Å². The zero-order valence-electron chi connectivity index (χ0n) is 12.1. The van der Waals surface area contributed by atoms with E-state index in [0.717, 1.165) is 37.1 Å². The topological polar surface area (TPSA) is 28.2 Å². The minimum absolute atomic E-state index is 0. The number of hydrogen-bond donors (Lipinski definition) is 1. The SMILES string of the molecule is Cl.Cl.Clc1cnccc1[C@@H](C1CCCC1)N1CCNCC1. The van der Waals surface area contributed by atoms with Crippen molar-refractivity contribution < 1.29 is 0 Å². The largest absolute Gasteiger partial charge is 0.314 e. The third-order valence-electron chi connectivity index (χ3n) is 4.51. The summed E-state index contributed by atoms with van der Waals surface area (Å²) in [5.74, 6) is 0.762. The van der Waals surface area contributed by atoms with E-state index < -0.39 is 0 Å². The molecule has 120 valence electrons. The van der Waals surface area contributed by atoms with Crippen molar-refractivity contribution in [1.82, 2.24) is 15.2 Å². The lowest BCUT2D eigenvalue weighted by Crippen LogP contribution is -2.46. The minimum atomic E-state index is 0. The van der Waals surface area contributed by atoms with Crippen molar-refractivity contribution in [3.63, 3.8) is 0 Å². The first-order valence-corrected chi connectivity index (χ1v) is 7.78. The molecule has 3 nitrogen and oxygen atoms in total. The molecule has 1 aromatic heterocycles. The average molecular weight is 353 g/mol. The smallest absolute Gasteiger partial charge is 0.0637 e. The normalized spacial score (nSPS) is 21.4. The van der Waals surface area contributed by atoms with Crippen LogP contribution in [0.3, 0.4) is 0 Å². The van der Waals surface area contributed by atoms with Gasteiger partial charge in [0.15, 0.2) is 0 Å². The van der Waals surface area contributed by atoms with Crippen molar-refractivity contribution in [2.24, 2.45) is 5.92 Å². The Morgan fingerprint density at radius 3 is 2.48 bits per heavy atom. The number of rotatable bonds is 3. The summed E-state index contributed by atoms with van der Waals surface area (Å²) in [6.45, 7) is 4.43. The molecule has 0 unspecified atom stereocenters. The summed E-state index contributed by atoms with van der Waals surface area (Å²) in [5.41, 5.74) is 1.28. The molecule has 2 fully saturated rings. The molecule has 0 radical (unpaired) electrons. The Hall–Kier alpha value is -0.0600. The number of pyridine rings is 1. The van der Waals surface area contributed by atoms with Gasteiger partial charge in [-0.25, -0.2) is 0 Å². The lowest BCUT2D eigenvalue weighted by Gasteiger charge is -2.39. The van der Waals surface area contributed by atoms with Crippen LogP contribution in [0.5, 0.6) is 0 Å². The van der Waals surface area contributed by atoms with Crippen molar-refractivity contribution in [3.8, 4) is 0 Å². The van der Waals surface area contributed by atoms with Crippen LogP contribution in [0.15, 0.2) is 18.5 Å². The highest BCUT2D eigenvalue weighted by molar-refractivity contribution is 6.31. The van der Waals surface area contributed by atoms with Gasteiger partial charge in [-0.1, -0.05) is 24.4 Å². The quantitative estimate of drug-likeness (QED) is 0.898. The molecular formula is C15H24Cl3N3. The van der Waals surface area contributed by atoms with Gasteiger partial charge in [0.25, 0.3) is 0 Å². The number of nitrogens with one attached hydrogen (secondary N) is 1. The lowest BCUT2D eigenvalue weighted by atomic mass is 9.90. The highest BCUT2D eigenvalue weighted by atomic mass is 35.5. The van der Waals surface area contributed by atoms with E-state index in [4.69, 9.17) is 11.6 Å². The van der Waals surface area contributed by atoms with E-state index in [0.29, 0.717) is 6.04 Å². The van der Waals surface area contributed by atoms with Gasteiger partial charge in [-0.05, 0) is 30.4 Å². The van der Waals surface area contributed by atoms with Gasteiger partial charge >= 0.3 is 0 Å². The van der Waals surface area contributed by atoms with Crippen LogP contribution in [0, 0.1) is 5.92 Å². The number of aromatic nitrogens is 1. The summed E-state index contributed by atoms with van der Waals surface area (Å²) < 4.78 is 0. The molecule has 1 aliphatic carbocycles. The molecule has 0 bridgehead atoms. The van der Waals surface area contributed by atoms with Gasteiger partial charge in [0, 0.05) is 44.6 Å². The third-order valence-corrected chi connectivity index (χ3v) is 4.83. The first-order valence-electron chi connectivity index (χ1n) is 7.40. The van der Waals surface area contributed by atoms with E-state index in [2.05, 4.69) is 21.3 Å². The van der Waals surface area contributed by atoms with Crippen LogP contribution >= 0.6 is 36.4 Å². The molecule has 3 rings (SSSR count). The van der Waals surface area contributed by atoms with Crippen molar-refractivity contribution in [2.75, 3.05) is 26.2 Å². The van der Waals surface area contributed by atoms with E-state index in [1.807, 2.05) is 6.20 Å². The second kappa shape index (κ2) is 9.16. The van der Waals surface area contributed by atoms with Gasteiger partial charge in [0.1, 0.15) is 0 Å². The number of piperazine rings is 1. The molecule has 1 aromatic rings. The van der Waals surface area contributed by atoms with E-state index in [1.165, 1.54) is 31.2 Å². The maximum absolute atomic E-state index is 6.41. The zero-order valence-corrected chi connectivity index (χ0v) is 14.5. The van der Waals surface area contributed by atoms with Crippen LogP contribution in [0.1, 0.15) is 37.3 Å². The highest BCUT2D eigenvalue weighted by Gasteiger charge is 2.32.